The first-order chi connectivity index (χ1) is 14.5. The standard InChI is InChI=1S/C22H24F2N4O3/c1-13-5-4-6-18(25-13)28-14(2)11-16(15(28)3)17(29)12-27-19(30)21(26-20(27)31)7-9-22(23,24)10-8-21/h4-6,11H,7-10,12H2,1-3H3,(H,26,31). The Morgan fingerprint density at radius 1 is 1.13 bits per heavy atom. The van der Waals surface area contributed by atoms with Crippen LogP contribution in [0.5, 0.6) is 0 Å². The third kappa shape index (κ3) is 3.62. The first-order valence-corrected chi connectivity index (χ1v) is 10.2. The van der Waals surface area contributed by atoms with Crippen LogP contribution in [0.3, 0.4) is 0 Å². The van der Waals surface area contributed by atoms with Gasteiger partial charge in [0, 0.05) is 35.5 Å². The molecule has 164 valence electrons. The second kappa shape index (κ2) is 7.25. The van der Waals surface area contributed by atoms with Gasteiger partial charge in [0.2, 0.25) is 5.92 Å². The molecule has 1 spiro atoms. The molecule has 0 atom stereocenters. The summed E-state index contributed by atoms with van der Waals surface area (Å²) in [6, 6.07) is 6.58. The van der Waals surface area contributed by atoms with Crippen LogP contribution in [0.4, 0.5) is 13.6 Å². The minimum absolute atomic E-state index is 0.136. The Morgan fingerprint density at radius 2 is 1.81 bits per heavy atom. The van der Waals surface area contributed by atoms with E-state index in [2.05, 4.69) is 10.3 Å². The number of alkyl halides is 2. The highest BCUT2D eigenvalue weighted by atomic mass is 19.3. The summed E-state index contributed by atoms with van der Waals surface area (Å²) >= 11 is 0. The molecule has 2 aromatic heterocycles. The molecule has 1 N–H and O–H groups in total. The highest BCUT2D eigenvalue weighted by Gasteiger charge is 2.55. The summed E-state index contributed by atoms with van der Waals surface area (Å²) in [7, 11) is 0. The van der Waals surface area contributed by atoms with E-state index in [0.717, 1.165) is 16.3 Å². The molecule has 7 nitrogen and oxygen atoms in total. The number of urea groups is 1. The first kappa shape index (κ1) is 21.1. The maximum atomic E-state index is 13.5. The summed E-state index contributed by atoms with van der Waals surface area (Å²) in [5.41, 5.74) is 1.33. The zero-order valence-electron chi connectivity index (χ0n) is 17.7. The lowest BCUT2D eigenvalue weighted by Gasteiger charge is -2.34. The minimum Gasteiger partial charge on any atom is -0.323 e. The Morgan fingerprint density at radius 3 is 2.45 bits per heavy atom. The van der Waals surface area contributed by atoms with Crippen molar-refractivity contribution in [3.8, 4) is 5.82 Å². The molecular formula is C22H24F2N4O3. The van der Waals surface area contributed by atoms with E-state index >= 15 is 0 Å². The van der Waals surface area contributed by atoms with Crippen LogP contribution < -0.4 is 5.32 Å². The third-order valence-electron chi connectivity index (χ3n) is 6.22. The molecule has 4 rings (SSSR count). The van der Waals surface area contributed by atoms with E-state index in [4.69, 9.17) is 0 Å². The topological polar surface area (TPSA) is 84.3 Å². The number of halogens is 2. The number of carbonyl (C=O) groups excluding carboxylic acids is 3. The van der Waals surface area contributed by atoms with Gasteiger partial charge in [-0.05, 0) is 51.8 Å². The van der Waals surface area contributed by atoms with Gasteiger partial charge in [-0.15, -0.1) is 0 Å². The number of carbonyl (C=O) groups is 3. The molecule has 9 heteroatoms. The number of rotatable bonds is 4. The molecule has 0 radical (unpaired) electrons. The average molecular weight is 430 g/mol. The Balaban J connectivity index is 1.56. The van der Waals surface area contributed by atoms with Crippen molar-refractivity contribution in [1.29, 1.82) is 0 Å². The van der Waals surface area contributed by atoms with E-state index in [1.54, 1.807) is 13.0 Å². The highest BCUT2D eigenvalue weighted by molar-refractivity contribution is 6.11. The number of nitrogens with zero attached hydrogens (tertiary/aromatic N) is 3. The quantitative estimate of drug-likeness (QED) is 0.595. The number of pyridine rings is 1. The van der Waals surface area contributed by atoms with E-state index in [9.17, 15) is 23.2 Å². The molecular weight excluding hydrogens is 406 g/mol. The van der Waals surface area contributed by atoms with Crippen LogP contribution in [0.25, 0.3) is 5.82 Å². The number of aryl methyl sites for hydroxylation is 2. The monoisotopic (exact) mass is 430 g/mol. The van der Waals surface area contributed by atoms with Crippen LogP contribution >= 0.6 is 0 Å². The van der Waals surface area contributed by atoms with Crippen molar-refractivity contribution in [3.05, 3.63) is 46.9 Å². The highest BCUT2D eigenvalue weighted by Crippen LogP contribution is 2.41. The molecule has 0 bridgehead atoms. The van der Waals surface area contributed by atoms with Crippen molar-refractivity contribution in [2.75, 3.05) is 6.54 Å². The van der Waals surface area contributed by atoms with Crippen molar-refractivity contribution in [2.24, 2.45) is 0 Å². The minimum atomic E-state index is -2.83. The normalized spacial score (nSPS) is 19.7. The number of hydrogen-bond donors (Lipinski definition) is 1. The molecule has 2 fully saturated rings. The maximum absolute atomic E-state index is 13.5. The van der Waals surface area contributed by atoms with Gasteiger partial charge in [0.15, 0.2) is 5.78 Å². The van der Waals surface area contributed by atoms with E-state index in [1.807, 2.05) is 36.6 Å². The van der Waals surface area contributed by atoms with Gasteiger partial charge in [-0.2, -0.15) is 0 Å². The maximum Gasteiger partial charge on any atom is 0.325 e. The van der Waals surface area contributed by atoms with Gasteiger partial charge in [0.25, 0.3) is 5.91 Å². The largest absolute Gasteiger partial charge is 0.325 e. The van der Waals surface area contributed by atoms with Crippen molar-refractivity contribution in [3.63, 3.8) is 0 Å². The molecule has 0 aromatic carbocycles. The van der Waals surface area contributed by atoms with Gasteiger partial charge in [-0.3, -0.25) is 14.5 Å². The van der Waals surface area contributed by atoms with Gasteiger partial charge in [-0.25, -0.2) is 18.6 Å². The Hall–Kier alpha value is -3.10. The molecule has 1 aliphatic carbocycles. The van der Waals surface area contributed by atoms with E-state index in [0.29, 0.717) is 17.1 Å². The van der Waals surface area contributed by atoms with E-state index in [1.165, 1.54) is 0 Å². The number of hydrogen-bond acceptors (Lipinski definition) is 4. The third-order valence-corrected chi connectivity index (χ3v) is 6.22. The van der Waals surface area contributed by atoms with Gasteiger partial charge >= 0.3 is 6.03 Å². The van der Waals surface area contributed by atoms with Crippen LogP contribution in [0.15, 0.2) is 24.3 Å². The van der Waals surface area contributed by atoms with Gasteiger partial charge < -0.3 is 9.88 Å². The Bertz CT molecular complexity index is 1080. The Kier molecular flexibility index (Phi) is 4.94. The number of imide groups is 1. The predicted molar refractivity (Wildman–Crippen MR) is 108 cm³/mol. The second-order valence-corrected chi connectivity index (χ2v) is 8.44. The molecule has 1 aliphatic heterocycles. The molecule has 3 amide bonds. The van der Waals surface area contributed by atoms with Crippen LogP contribution in [0.1, 0.15) is 53.1 Å². The van der Waals surface area contributed by atoms with Gasteiger partial charge in [-0.1, -0.05) is 6.07 Å². The van der Waals surface area contributed by atoms with Crippen LogP contribution in [0, 0.1) is 20.8 Å². The van der Waals surface area contributed by atoms with Gasteiger partial charge in [0.1, 0.15) is 11.4 Å². The van der Waals surface area contributed by atoms with Crippen LogP contribution in [-0.2, 0) is 4.79 Å². The predicted octanol–water partition coefficient (Wildman–Crippen LogP) is 3.48. The fraction of sp³-hybridized carbons (Fsp3) is 0.455. The lowest BCUT2D eigenvalue weighted by atomic mass is 9.80. The van der Waals surface area contributed by atoms with Crippen molar-refractivity contribution < 1.29 is 23.2 Å². The molecule has 2 aliphatic rings. The molecule has 1 saturated heterocycles. The average Bonchev–Trinajstić information content (AvgIpc) is 3.12. The zero-order valence-corrected chi connectivity index (χ0v) is 17.7. The van der Waals surface area contributed by atoms with Gasteiger partial charge in [0.05, 0.1) is 6.54 Å². The molecule has 3 heterocycles. The van der Waals surface area contributed by atoms with Crippen molar-refractivity contribution >= 4 is 17.7 Å². The fourth-order valence-corrected chi connectivity index (χ4v) is 4.48. The lowest BCUT2D eigenvalue weighted by molar-refractivity contribution is -0.135. The summed E-state index contributed by atoms with van der Waals surface area (Å²) in [5, 5.41) is 2.56. The van der Waals surface area contributed by atoms with Crippen molar-refractivity contribution in [2.45, 2.75) is 57.9 Å². The molecule has 31 heavy (non-hydrogen) atoms. The van der Waals surface area contributed by atoms with Crippen LogP contribution in [0.2, 0.25) is 0 Å². The van der Waals surface area contributed by atoms with E-state index in [-0.39, 0.29) is 12.8 Å². The number of ketones is 1. The lowest BCUT2D eigenvalue weighted by Crippen LogP contribution is -2.51. The van der Waals surface area contributed by atoms with Crippen molar-refractivity contribution in [1.82, 2.24) is 19.8 Å². The molecule has 0 unspecified atom stereocenters. The summed E-state index contributed by atoms with van der Waals surface area (Å²) in [4.78, 5) is 43.7. The van der Waals surface area contributed by atoms with Crippen LogP contribution in [-0.4, -0.2) is 50.2 Å². The number of aromatic nitrogens is 2. The summed E-state index contributed by atoms with van der Waals surface area (Å²) in [6.07, 6.45) is -1.21. The second-order valence-electron chi connectivity index (χ2n) is 8.44. The molecule has 1 saturated carbocycles. The summed E-state index contributed by atoms with van der Waals surface area (Å²) in [6.45, 7) is 5.06. The summed E-state index contributed by atoms with van der Waals surface area (Å²) < 4.78 is 28.9. The number of nitrogens with one attached hydrogen (secondary N) is 1. The number of amides is 3. The smallest absolute Gasteiger partial charge is 0.323 e. The Labute approximate surface area is 178 Å². The zero-order chi connectivity index (χ0) is 22.6. The SMILES string of the molecule is Cc1cccc(-n2c(C)cc(C(=O)CN3C(=O)NC4(CCC(F)(F)CC4)C3=O)c2C)n1. The summed E-state index contributed by atoms with van der Waals surface area (Å²) in [5.74, 6) is -3.16. The first-order valence-electron chi connectivity index (χ1n) is 10.2. The fourth-order valence-electron chi connectivity index (χ4n) is 4.48. The number of Topliss-reactive ketones (excluding diaryl/α,β-unsaturated/α-hetero) is 1. The molecule has 2 aromatic rings. The van der Waals surface area contributed by atoms with E-state index < -0.39 is 48.6 Å².